The predicted octanol–water partition coefficient (Wildman–Crippen LogP) is 4.22. The van der Waals surface area contributed by atoms with Crippen LogP contribution in [-0.4, -0.2) is 35.8 Å². The molecule has 0 spiro atoms. The fourth-order valence-corrected chi connectivity index (χ4v) is 2.92. The average molecular weight is 376 g/mol. The molecule has 0 amide bonds. The molecule has 1 fully saturated rings. The second-order valence-electron chi connectivity index (χ2n) is 6.36. The molecule has 0 bridgehead atoms. The number of likely N-dealkylation sites (tertiary alicyclic amines) is 1. The molecule has 1 aliphatic rings. The Balaban J connectivity index is 1.96. The van der Waals surface area contributed by atoms with Crippen LogP contribution in [0.1, 0.15) is 16.7 Å². The minimum absolute atomic E-state index is 0.130. The summed E-state index contributed by atoms with van der Waals surface area (Å²) in [7, 11) is 1.81. The first-order valence-electron chi connectivity index (χ1n) is 8.15. The summed E-state index contributed by atoms with van der Waals surface area (Å²) in [5.41, 5.74) is 0.471. The maximum Gasteiger partial charge on any atom is 0.419 e. The molecule has 0 unspecified atom stereocenters. The fourth-order valence-electron chi connectivity index (χ4n) is 2.92. The van der Waals surface area contributed by atoms with Gasteiger partial charge < -0.3 is 0 Å². The van der Waals surface area contributed by atoms with Crippen molar-refractivity contribution < 1.29 is 22.4 Å². The summed E-state index contributed by atoms with van der Waals surface area (Å²) in [5, 5.41) is 0. The van der Waals surface area contributed by atoms with Gasteiger partial charge in [0.05, 0.1) is 5.56 Å². The third-order valence-electron chi connectivity index (χ3n) is 4.15. The molecule has 140 valence electrons. The molecule has 2 heterocycles. The summed E-state index contributed by atoms with van der Waals surface area (Å²) in [6, 6.07) is 6.23. The molecule has 0 aliphatic carbocycles. The van der Waals surface area contributed by atoms with E-state index < -0.39 is 17.6 Å². The number of carbonyl (C=O) groups is 1. The number of piperidine rings is 1. The quantitative estimate of drug-likeness (QED) is 0.581. The van der Waals surface area contributed by atoms with Gasteiger partial charge in [-0.2, -0.15) is 13.2 Å². The summed E-state index contributed by atoms with van der Waals surface area (Å²) in [6.07, 6.45) is 1.54. The van der Waals surface area contributed by atoms with E-state index in [-0.39, 0.29) is 11.3 Å². The Bertz CT molecular complexity index is 917. The zero-order valence-electron chi connectivity index (χ0n) is 14.4. The minimum Gasteiger partial charge on any atom is -0.298 e. The number of halogens is 4. The highest BCUT2D eigenvalue weighted by Crippen LogP contribution is 2.32. The zero-order valence-corrected chi connectivity index (χ0v) is 14.4. The Morgan fingerprint density at radius 3 is 2.19 bits per heavy atom. The lowest BCUT2D eigenvalue weighted by Gasteiger charge is -2.26. The normalized spacial score (nSPS) is 19.1. The Morgan fingerprint density at radius 1 is 1.00 bits per heavy atom. The molecule has 0 saturated carbocycles. The Labute approximate surface area is 153 Å². The molecule has 1 aromatic carbocycles. The van der Waals surface area contributed by atoms with Gasteiger partial charge in [-0.15, -0.1) is 0 Å². The number of hydrogen-bond acceptors (Lipinski definition) is 3. The molecular formula is C20H16F4N2O. The van der Waals surface area contributed by atoms with Gasteiger partial charge in [0.15, 0.2) is 5.78 Å². The molecule has 0 atom stereocenters. The number of likely N-dealkylation sites (N-methyl/N-ethyl adjacent to an activating group) is 1. The van der Waals surface area contributed by atoms with Crippen molar-refractivity contribution >= 4 is 17.9 Å². The van der Waals surface area contributed by atoms with E-state index in [0.29, 0.717) is 24.2 Å². The van der Waals surface area contributed by atoms with Crippen molar-refractivity contribution in [3.8, 4) is 0 Å². The molecule has 3 rings (SSSR count). The zero-order chi connectivity index (χ0) is 19.6. The van der Waals surface area contributed by atoms with Crippen LogP contribution >= 0.6 is 0 Å². The maximum absolute atomic E-state index is 13.5. The van der Waals surface area contributed by atoms with Gasteiger partial charge in [-0.25, -0.2) is 4.39 Å². The van der Waals surface area contributed by atoms with Crippen LogP contribution < -0.4 is 0 Å². The molecule has 7 heteroatoms. The number of Topliss-reactive ketones (excluding diaryl/α,β-unsaturated/α-hetero) is 1. The van der Waals surface area contributed by atoms with E-state index in [1.54, 1.807) is 30.6 Å². The first kappa shape index (κ1) is 19.0. The number of aromatic nitrogens is 1. The number of benzene rings is 1. The van der Waals surface area contributed by atoms with Gasteiger partial charge >= 0.3 is 6.18 Å². The van der Waals surface area contributed by atoms with E-state index >= 15 is 0 Å². The molecule has 1 aliphatic heterocycles. The lowest BCUT2D eigenvalue weighted by Crippen LogP contribution is -2.34. The molecule has 0 radical (unpaired) electrons. The topological polar surface area (TPSA) is 33.2 Å². The summed E-state index contributed by atoms with van der Waals surface area (Å²) in [4.78, 5) is 18.6. The van der Waals surface area contributed by atoms with Crippen molar-refractivity contribution in [2.75, 3.05) is 20.1 Å². The van der Waals surface area contributed by atoms with Gasteiger partial charge in [0.2, 0.25) is 0 Å². The molecule has 3 nitrogen and oxygen atoms in total. The predicted molar refractivity (Wildman–Crippen MR) is 94.1 cm³/mol. The molecule has 27 heavy (non-hydrogen) atoms. The first-order chi connectivity index (χ1) is 12.7. The van der Waals surface area contributed by atoms with Crippen LogP contribution in [0.2, 0.25) is 0 Å². The van der Waals surface area contributed by atoms with Gasteiger partial charge in [-0.3, -0.25) is 14.7 Å². The number of ketones is 1. The first-order valence-corrected chi connectivity index (χ1v) is 8.15. The molecule has 2 aromatic rings. The van der Waals surface area contributed by atoms with Crippen LogP contribution in [-0.2, 0) is 11.0 Å². The van der Waals surface area contributed by atoms with Crippen molar-refractivity contribution in [2.24, 2.45) is 0 Å². The third kappa shape index (κ3) is 4.49. The van der Waals surface area contributed by atoms with Crippen molar-refractivity contribution in [2.45, 2.75) is 6.18 Å². The molecule has 1 aromatic heterocycles. The van der Waals surface area contributed by atoms with Gasteiger partial charge in [0.1, 0.15) is 5.82 Å². The number of carbonyl (C=O) groups excluding carboxylic acids is 1. The van der Waals surface area contributed by atoms with E-state index in [1.807, 2.05) is 11.9 Å². The van der Waals surface area contributed by atoms with Crippen LogP contribution in [0.15, 0.2) is 53.9 Å². The lowest BCUT2D eigenvalue weighted by atomic mass is 9.94. The van der Waals surface area contributed by atoms with Crippen LogP contribution in [0.25, 0.3) is 12.2 Å². The van der Waals surface area contributed by atoms with Crippen molar-refractivity contribution in [1.82, 2.24) is 9.88 Å². The van der Waals surface area contributed by atoms with E-state index in [9.17, 15) is 22.4 Å². The number of pyridine rings is 1. The SMILES string of the molecule is CN1C/C(=C\c2ccncc2)C(=O)/C(=C/c2ccc(F)c(C(F)(F)F)c2)C1. The van der Waals surface area contributed by atoms with Gasteiger partial charge in [0.25, 0.3) is 0 Å². The second kappa shape index (κ2) is 7.44. The summed E-state index contributed by atoms with van der Waals surface area (Å²) in [6.45, 7) is 0.723. The second-order valence-corrected chi connectivity index (χ2v) is 6.36. The Morgan fingerprint density at radius 2 is 1.59 bits per heavy atom. The van der Waals surface area contributed by atoms with Crippen LogP contribution in [0.3, 0.4) is 0 Å². The average Bonchev–Trinajstić information content (AvgIpc) is 2.60. The molecule has 0 N–H and O–H groups in total. The number of hydrogen-bond donors (Lipinski definition) is 0. The summed E-state index contributed by atoms with van der Waals surface area (Å²) >= 11 is 0. The van der Waals surface area contributed by atoms with Crippen LogP contribution in [0.5, 0.6) is 0 Å². The maximum atomic E-state index is 13.5. The van der Waals surface area contributed by atoms with Gasteiger partial charge in [0, 0.05) is 36.6 Å². The standard InChI is InChI=1S/C20H16F4N2O/c1-26-11-15(8-13-4-6-25-7-5-13)19(27)16(12-26)9-14-2-3-18(21)17(10-14)20(22,23)24/h2-10H,11-12H2,1H3/b15-8+,16-9+. The van der Waals surface area contributed by atoms with Gasteiger partial charge in [-0.05, 0) is 54.6 Å². The van der Waals surface area contributed by atoms with E-state index in [2.05, 4.69) is 4.98 Å². The highest BCUT2D eigenvalue weighted by molar-refractivity contribution is 6.14. The monoisotopic (exact) mass is 376 g/mol. The third-order valence-corrected chi connectivity index (χ3v) is 4.15. The van der Waals surface area contributed by atoms with Crippen molar-refractivity contribution in [3.63, 3.8) is 0 Å². The van der Waals surface area contributed by atoms with Crippen LogP contribution in [0, 0.1) is 5.82 Å². The number of nitrogens with zero attached hydrogens (tertiary/aromatic N) is 2. The molecule has 1 saturated heterocycles. The highest BCUT2D eigenvalue weighted by atomic mass is 19.4. The van der Waals surface area contributed by atoms with Crippen molar-refractivity contribution in [3.05, 3.63) is 76.4 Å². The highest BCUT2D eigenvalue weighted by Gasteiger charge is 2.34. The van der Waals surface area contributed by atoms with Crippen molar-refractivity contribution in [1.29, 1.82) is 0 Å². The Kier molecular flexibility index (Phi) is 5.23. The Hall–Kier alpha value is -2.80. The summed E-state index contributed by atoms with van der Waals surface area (Å²) in [5.74, 6) is -1.57. The van der Waals surface area contributed by atoms with Crippen LogP contribution in [0.4, 0.5) is 17.6 Å². The summed E-state index contributed by atoms with van der Waals surface area (Å²) < 4.78 is 52.2. The lowest BCUT2D eigenvalue weighted by molar-refractivity contribution is -0.140. The number of alkyl halides is 3. The minimum atomic E-state index is -4.79. The fraction of sp³-hybridized carbons (Fsp3) is 0.200. The van der Waals surface area contributed by atoms with E-state index in [0.717, 1.165) is 17.7 Å². The van der Waals surface area contributed by atoms with E-state index in [1.165, 1.54) is 12.1 Å². The largest absolute Gasteiger partial charge is 0.419 e. The number of rotatable bonds is 2. The molecular weight excluding hydrogens is 360 g/mol. The smallest absolute Gasteiger partial charge is 0.298 e. The van der Waals surface area contributed by atoms with E-state index in [4.69, 9.17) is 0 Å². The van der Waals surface area contributed by atoms with Gasteiger partial charge in [-0.1, -0.05) is 6.07 Å².